The molecule has 3 rings (SSSR count). The van der Waals surface area contributed by atoms with Gasteiger partial charge >= 0.3 is 0 Å². The minimum Gasteiger partial charge on any atom is -0.379 e. The molecule has 32 heavy (non-hydrogen) atoms. The van der Waals surface area contributed by atoms with Crippen LogP contribution in [0.15, 0.2) is 33.7 Å². The molecule has 0 unspecified atom stereocenters. The fourth-order valence-electron chi connectivity index (χ4n) is 3.06. The van der Waals surface area contributed by atoms with E-state index in [-0.39, 0.29) is 47.7 Å². The monoisotopic (exact) mass is 485 g/mol. The van der Waals surface area contributed by atoms with Crippen molar-refractivity contribution < 1.29 is 27.3 Å². The number of ether oxygens (including phenoxy) is 1. The summed E-state index contributed by atoms with van der Waals surface area (Å²) < 4.78 is 37.2. The van der Waals surface area contributed by atoms with Gasteiger partial charge in [0.1, 0.15) is 10.7 Å². The van der Waals surface area contributed by atoms with Crippen LogP contribution in [0.25, 0.3) is 0 Å². The van der Waals surface area contributed by atoms with E-state index in [0.29, 0.717) is 24.8 Å². The lowest BCUT2D eigenvalue weighted by atomic mass is 10.3. The number of likely N-dealkylation sites (N-methyl/N-ethyl adjacent to an activating group) is 1. The minimum absolute atomic E-state index is 0.0589. The van der Waals surface area contributed by atoms with Crippen molar-refractivity contribution in [3.63, 3.8) is 0 Å². The lowest BCUT2D eigenvalue weighted by molar-refractivity contribution is -0.119. The van der Waals surface area contributed by atoms with Gasteiger partial charge in [0.05, 0.1) is 31.3 Å². The first kappa shape index (κ1) is 24.1. The summed E-state index contributed by atoms with van der Waals surface area (Å²) in [4.78, 5) is 25.9. The highest BCUT2D eigenvalue weighted by molar-refractivity contribution is 7.89. The summed E-state index contributed by atoms with van der Waals surface area (Å²) in [6.07, 6.45) is 0. The summed E-state index contributed by atoms with van der Waals surface area (Å²) in [5, 5.41) is 8.94. The molecule has 1 aliphatic heterocycles. The van der Waals surface area contributed by atoms with E-state index in [9.17, 15) is 18.0 Å². The second kappa shape index (κ2) is 10.4. The quantitative estimate of drug-likeness (QED) is 0.569. The second-order valence-corrected chi connectivity index (χ2v) is 9.57. The molecule has 1 aromatic heterocycles. The van der Waals surface area contributed by atoms with Crippen molar-refractivity contribution in [3.05, 3.63) is 35.0 Å². The summed E-state index contributed by atoms with van der Waals surface area (Å²) >= 11 is 6.13. The molecule has 13 heteroatoms. The minimum atomic E-state index is -3.82. The van der Waals surface area contributed by atoms with Crippen molar-refractivity contribution >= 4 is 44.9 Å². The first-order valence-electron chi connectivity index (χ1n) is 9.74. The van der Waals surface area contributed by atoms with Crippen LogP contribution in [0.1, 0.15) is 5.76 Å². The van der Waals surface area contributed by atoms with Gasteiger partial charge in [-0.3, -0.25) is 14.5 Å². The summed E-state index contributed by atoms with van der Waals surface area (Å²) in [5.74, 6) is 0.0696. The highest BCUT2D eigenvalue weighted by Gasteiger charge is 2.28. The summed E-state index contributed by atoms with van der Waals surface area (Å²) in [5.41, 5.74) is 0.280. The fourth-order valence-corrected chi connectivity index (χ4v) is 4.97. The number of amides is 2. The van der Waals surface area contributed by atoms with E-state index in [0.717, 1.165) is 0 Å². The van der Waals surface area contributed by atoms with Crippen molar-refractivity contribution in [3.8, 4) is 0 Å². The Morgan fingerprint density at radius 1 is 1.16 bits per heavy atom. The number of benzene rings is 1. The Morgan fingerprint density at radius 2 is 1.81 bits per heavy atom. The highest BCUT2D eigenvalue weighted by Crippen LogP contribution is 2.28. The number of aromatic nitrogens is 1. The molecule has 1 aliphatic rings. The van der Waals surface area contributed by atoms with Crippen LogP contribution in [0.3, 0.4) is 0 Å². The third kappa shape index (κ3) is 6.26. The van der Waals surface area contributed by atoms with E-state index in [4.69, 9.17) is 20.9 Å². The zero-order valence-corrected chi connectivity index (χ0v) is 19.2. The van der Waals surface area contributed by atoms with E-state index in [1.807, 2.05) is 0 Å². The predicted molar refractivity (Wildman–Crippen MR) is 117 cm³/mol. The van der Waals surface area contributed by atoms with Gasteiger partial charge in [-0.15, -0.1) is 0 Å². The van der Waals surface area contributed by atoms with Crippen LogP contribution in [-0.2, 0) is 24.3 Å². The van der Waals surface area contributed by atoms with Gasteiger partial charge in [-0.05, 0) is 32.2 Å². The van der Waals surface area contributed by atoms with E-state index >= 15 is 0 Å². The van der Waals surface area contributed by atoms with Gasteiger partial charge in [-0.25, -0.2) is 8.42 Å². The number of anilines is 2. The molecule has 0 atom stereocenters. The van der Waals surface area contributed by atoms with Gasteiger partial charge in [0.15, 0.2) is 5.82 Å². The lowest BCUT2D eigenvalue weighted by Crippen LogP contribution is -2.40. The van der Waals surface area contributed by atoms with Gasteiger partial charge in [-0.2, -0.15) is 4.31 Å². The maximum atomic E-state index is 12.9. The molecule has 2 aromatic rings. The number of carbonyl (C=O) groups excluding carboxylic acids is 2. The summed E-state index contributed by atoms with van der Waals surface area (Å²) in [7, 11) is -2.22. The molecular formula is C19H24ClN5O6S. The number of nitrogens with one attached hydrogen (secondary N) is 2. The number of aryl methyl sites for hydroxylation is 1. The molecule has 2 amide bonds. The van der Waals surface area contributed by atoms with Gasteiger partial charge in [0.2, 0.25) is 21.8 Å². The van der Waals surface area contributed by atoms with Crippen molar-refractivity contribution in [2.75, 3.05) is 57.1 Å². The highest BCUT2D eigenvalue weighted by atomic mass is 35.5. The molecule has 0 radical (unpaired) electrons. The maximum absolute atomic E-state index is 12.9. The Balaban J connectivity index is 1.58. The number of carbonyl (C=O) groups is 2. The average molecular weight is 486 g/mol. The van der Waals surface area contributed by atoms with Crippen molar-refractivity contribution in [1.82, 2.24) is 14.4 Å². The zero-order chi connectivity index (χ0) is 23.3. The van der Waals surface area contributed by atoms with E-state index < -0.39 is 15.9 Å². The number of nitrogens with zero attached hydrogens (tertiary/aromatic N) is 3. The standard InChI is InChI=1S/C19H24ClN5O6S/c1-13-9-17(23-31-13)22-19(27)12-24(2)11-18(26)21-14-3-4-15(20)16(10-14)32(28,29)25-5-7-30-8-6-25/h3-4,9-10H,5-8,11-12H2,1-2H3,(H,21,26)(H,22,23,27). The van der Waals surface area contributed by atoms with Crippen molar-refractivity contribution in [1.29, 1.82) is 0 Å². The number of hydrogen-bond donors (Lipinski definition) is 2. The summed E-state index contributed by atoms with van der Waals surface area (Å²) in [6, 6.07) is 5.83. The Morgan fingerprint density at radius 3 is 2.44 bits per heavy atom. The number of hydrogen-bond acceptors (Lipinski definition) is 8. The smallest absolute Gasteiger partial charge is 0.244 e. The number of rotatable bonds is 8. The largest absolute Gasteiger partial charge is 0.379 e. The topological polar surface area (TPSA) is 134 Å². The van der Waals surface area contributed by atoms with Crippen molar-refractivity contribution in [2.24, 2.45) is 0 Å². The second-order valence-electron chi connectivity index (χ2n) is 7.25. The number of morpholine rings is 1. The normalized spacial score (nSPS) is 15.0. The van der Waals surface area contributed by atoms with Crippen molar-refractivity contribution in [2.45, 2.75) is 11.8 Å². The van der Waals surface area contributed by atoms with Gasteiger partial charge in [0, 0.05) is 24.8 Å². The lowest BCUT2D eigenvalue weighted by Gasteiger charge is -2.26. The van der Waals surface area contributed by atoms with Gasteiger partial charge in [-0.1, -0.05) is 16.8 Å². The molecule has 1 saturated heterocycles. The molecule has 1 aromatic carbocycles. The average Bonchev–Trinajstić information content (AvgIpc) is 3.14. The third-order valence-electron chi connectivity index (χ3n) is 4.53. The Bertz CT molecular complexity index is 1080. The Kier molecular flexibility index (Phi) is 7.85. The molecule has 1 fully saturated rings. The third-order valence-corrected chi connectivity index (χ3v) is 6.91. The van der Waals surface area contributed by atoms with E-state index in [1.165, 1.54) is 27.4 Å². The van der Waals surface area contributed by atoms with Crippen LogP contribution in [0, 0.1) is 6.92 Å². The number of halogens is 1. The number of sulfonamides is 1. The van der Waals surface area contributed by atoms with Crippen LogP contribution < -0.4 is 10.6 Å². The predicted octanol–water partition coefficient (Wildman–Crippen LogP) is 1.17. The van der Waals surface area contributed by atoms with Crippen LogP contribution in [0.4, 0.5) is 11.5 Å². The van der Waals surface area contributed by atoms with Gasteiger partial charge in [0.25, 0.3) is 0 Å². The van der Waals surface area contributed by atoms with Crippen LogP contribution in [0.5, 0.6) is 0 Å². The van der Waals surface area contributed by atoms with E-state index in [1.54, 1.807) is 20.0 Å². The molecule has 0 aliphatic carbocycles. The van der Waals surface area contributed by atoms with Crippen LogP contribution in [-0.4, -0.2) is 81.0 Å². The van der Waals surface area contributed by atoms with E-state index in [2.05, 4.69) is 15.8 Å². The maximum Gasteiger partial charge on any atom is 0.244 e. The molecule has 0 bridgehead atoms. The van der Waals surface area contributed by atoms with Gasteiger partial charge < -0.3 is 19.9 Å². The fraction of sp³-hybridized carbons (Fsp3) is 0.421. The molecule has 0 saturated carbocycles. The molecule has 2 heterocycles. The first-order chi connectivity index (χ1) is 15.1. The zero-order valence-electron chi connectivity index (χ0n) is 17.6. The molecule has 0 spiro atoms. The SMILES string of the molecule is Cc1cc(NC(=O)CN(C)CC(=O)Nc2ccc(Cl)c(S(=O)(=O)N3CCOCC3)c2)no1. The van der Waals surface area contributed by atoms with Crippen LogP contribution >= 0.6 is 11.6 Å². The Hall–Kier alpha value is -2.51. The molecule has 2 N–H and O–H groups in total. The summed E-state index contributed by atoms with van der Waals surface area (Å²) in [6.45, 7) is 2.63. The molecule has 11 nitrogen and oxygen atoms in total. The first-order valence-corrected chi connectivity index (χ1v) is 11.6. The Labute approximate surface area is 190 Å². The molecule has 174 valence electrons. The molecular weight excluding hydrogens is 462 g/mol. The van der Waals surface area contributed by atoms with Crippen LogP contribution in [0.2, 0.25) is 5.02 Å².